The maximum atomic E-state index is 13.9. The number of carbonyl (C=O) groups is 1. The molecular formula is C13H12F2N2O2S. The Morgan fingerprint density at radius 1 is 1.35 bits per heavy atom. The van der Waals surface area contributed by atoms with Crippen LogP contribution in [0.25, 0.3) is 0 Å². The highest BCUT2D eigenvalue weighted by Crippen LogP contribution is 2.30. The molecule has 106 valence electrons. The molecule has 1 aliphatic heterocycles. The van der Waals surface area contributed by atoms with E-state index in [9.17, 15) is 13.6 Å². The average molecular weight is 298 g/mol. The lowest BCUT2D eigenvalue weighted by Gasteiger charge is -2.29. The van der Waals surface area contributed by atoms with Crippen LogP contribution in [0.2, 0.25) is 0 Å². The van der Waals surface area contributed by atoms with Crippen LogP contribution in [-0.4, -0.2) is 18.2 Å². The number of hydrogen-bond donors (Lipinski definition) is 2. The highest BCUT2D eigenvalue weighted by molar-refractivity contribution is 7.80. The van der Waals surface area contributed by atoms with Crippen molar-refractivity contribution in [1.82, 2.24) is 10.6 Å². The molecule has 2 N–H and O–H groups in total. The van der Waals surface area contributed by atoms with E-state index in [0.717, 1.165) is 12.1 Å². The number of benzene rings is 1. The molecule has 0 radical (unpaired) electrons. The maximum absolute atomic E-state index is 13.9. The third kappa shape index (κ3) is 2.49. The van der Waals surface area contributed by atoms with Crippen LogP contribution >= 0.6 is 12.2 Å². The minimum Gasteiger partial charge on any atom is -0.466 e. The van der Waals surface area contributed by atoms with Crippen molar-refractivity contribution in [2.75, 3.05) is 7.11 Å². The van der Waals surface area contributed by atoms with Crippen molar-refractivity contribution < 1.29 is 18.3 Å². The molecule has 0 aromatic heterocycles. The first kappa shape index (κ1) is 14.4. The van der Waals surface area contributed by atoms with Crippen LogP contribution in [0.5, 0.6) is 0 Å². The fraction of sp³-hybridized carbons (Fsp3) is 0.231. The molecule has 7 heteroatoms. The largest absolute Gasteiger partial charge is 0.466 e. The van der Waals surface area contributed by atoms with Gasteiger partial charge in [0.1, 0.15) is 11.6 Å². The van der Waals surface area contributed by atoms with Crippen molar-refractivity contribution in [3.05, 3.63) is 46.7 Å². The molecule has 0 aliphatic carbocycles. The van der Waals surface area contributed by atoms with Gasteiger partial charge in [-0.3, -0.25) is 0 Å². The Morgan fingerprint density at radius 3 is 2.50 bits per heavy atom. The summed E-state index contributed by atoms with van der Waals surface area (Å²) in [6.45, 7) is 1.59. The number of allylic oxidation sites excluding steroid dienone is 1. The van der Waals surface area contributed by atoms with Crippen molar-refractivity contribution in [2.45, 2.75) is 13.0 Å². The predicted molar refractivity (Wildman–Crippen MR) is 72.7 cm³/mol. The third-order valence-electron chi connectivity index (χ3n) is 2.96. The van der Waals surface area contributed by atoms with E-state index in [4.69, 9.17) is 12.2 Å². The maximum Gasteiger partial charge on any atom is 0.337 e. The number of halogens is 2. The third-order valence-corrected chi connectivity index (χ3v) is 3.18. The van der Waals surface area contributed by atoms with Crippen LogP contribution < -0.4 is 10.6 Å². The lowest BCUT2D eigenvalue weighted by atomic mass is 9.95. The molecule has 0 bridgehead atoms. The van der Waals surface area contributed by atoms with E-state index >= 15 is 0 Å². The highest BCUT2D eigenvalue weighted by Gasteiger charge is 2.33. The number of hydrogen-bond acceptors (Lipinski definition) is 3. The average Bonchev–Trinajstić information content (AvgIpc) is 2.37. The minimum atomic E-state index is -1.03. The Hall–Kier alpha value is -2.02. The van der Waals surface area contributed by atoms with E-state index in [0.29, 0.717) is 5.70 Å². The van der Waals surface area contributed by atoms with Gasteiger partial charge < -0.3 is 15.4 Å². The zero-order valence-electron chi connectivity index (χ0n) is 10.8. The summed E-state index contributed by atoms with van der Waals surface area (Å²) in [6.07, 6.45) is 0. The van der Waals surface area contributed by atoms with Crippen LogP contribution in [0.4, 0.5) is 8.78 Å². The van der Waals surface area contributed by atoms with Gasteiger partial charge in [0.15, 0.2) is 5.11 Å². The summed E-state index contributed by atoms with van der Waals surface area (Å²) >= 11 is 4.97. The lowest BCUT2D eigenvalue weighted by Crippen LogP contribution is -2.45. The Bertz CT molecular complexity index is 596. The standard InChI is InChI=1S/C13H12F2N2O2S/c1-6-9(12(18)19-2)11(17-13(20)16-6)10-7(14)4-3-5-8(10)15/h3-5,11H,1-2H3,(H2,16,17,20)/t11-/m0/s1. The first-order valence-corrected chi connectivity index (χ1v) is 6.17. The van der Waals surface area contributed by atoms with Gasteiger partial charge in [0.05, 0.1) is 24.3 Å². The molecule has 2 rings (SSSR count). The van der Waals surface area contributed by atoms with E-state index in [1.54, 1.807) is 6.92 Å². The minimum absolute atomic E-state index is 0.0881. The molecule has 1 aromatic carbocycles. The van der Waals surface area contributed by atoms with Gasteiger partial charge in [0.25, 0.3) is 0 Å². The van der Waals surface area contributed by atoms with Gasteiger partial charge in [0, 0.05) is 5.70 Å². The van der Waals surface area contributed by atoms with Gasteiger partial charge in [-0.1, -0.05) is 6.07 Å². The summed E-state index contributed by atoms with van der Waals surface area (Å²) in [5, 5.41) is 5.61. The van der Waals surface area contributed by atoms with Gasteiger partial charge in [-0.25, -0.2) is 13.6 Å². The lowest BCUT2D eigenvalue weighted by molar-refractivity contribution is -0.136. The molecule has 0 fully saturated rings. The van der Waals surface area contributed by atoms with Crippen molar-refractivity contribution in [2.24, 2.45) is 0 Å². The van der Waals surface area contributed by atoms with Gasteiger partial charge in [-0.05, 0) is 31.3 Å². The number of thiocarbonyl (C=S) groups is 1. The number of esters is 1. The van der Waals surface area contributed by atoms with Crippen LogP contribution in [0.1, 0.15) is 18.5 Å². The van der Waals surface area contributed by atoms with Crippen molar-refractivity contribution in [1.29, 1.82) is 0 Å². The van der Waals surface area contributed by atoms with Crippen molar-refractivity contribution in [3.8, 4) is 0 Å². The molecule has 0 amide bonds. The fourth-order valence-electron chi connectivity index (χ4n) is 2.08. The molecule has 1 atom stereocenters. The highest BCUT2D eigenvalue weighted by atomic mass is 32.1. The molecule has 1 heterocycles. The van der Waals surface area contributed by atoms with Crippen molar-refractivity contribution >= 4 is 23.3 Å². The van der Waals surface area contributed by atoms with Crippen LogP contribution in [-0.2, 0) is 9.53 Å². The van der Waals surface area contributed by atoms with Gasteiger partial charge in [0.2, 0.25) is 0 Å². The van der Waals surface area contributed by atoms with E-state index in [1.165, 1.54) is 13.2 Å². The molecule has 0 saturated heterocycles. The first-order chi connectivity index (χ1) is 9.45. The topological polar surface area (TPSA) is 50.4 Å². The number of methoxy groups -OCH3 is 1. The van der Waals surface area contributed by atoms with Crippen molar-refractivity contribution in [3.63, 3.8) is 0 Å². The van der Waals surface area contributed by atoms with E-state index in [2.05, 4.69) is 15.4 Å². The van der Waals surface area contributed by atoms with Crippen LogP contribution in [0.15, 0.2) is 29.5 Å². The summed E-state index contributed by atoms with van der Waals surface area (Å²) in [5.74, 6) is -2.21. The Balaban J connectivity index is 2.60. The number of rotatable bonds is 2. The summed E-state index contributed by atoms with van der Waals surface area (Å²) in [7, 11) is 1.20. The second kappa shape index (κ2) is 5.54. The van der Waals surface area contributed by atoms with Gasteiger partial charge in [-0.2, -0.15) is 0 Å². The fourth-order valence-corrected chi connectivity index (χ4v) is 2.35. The van der Waals surface area contributed by atoms with E-state index in [-0.39, 0.29) is 16.2 Å². The normalized spacial score (nSPS) is 18.4. The molecule has 20 heavy (non-hydrogen) atoms. The first-order valence-electron chi connectivity index (χ1n) is 5.76. The summed E-state index contributed by atoms with van der Waals surface area (Å²) in [6, 6.07) is 2.46. The zero-order valence-corrected chi connectivity index (χ0v) is 11.6. The van der Waals surface area contributed by atoms with Gasteiger partial charge >= 0.3 is 5.97 Å². The molecule has 0 spiro atoms. The number of carbonyl (C=O) groups excluding carboxylic acids is 1. The smallest absolute Gasteiger partial charge is 0.337 e. The monoisotopic (exact) mass is 298 g/mol. The second-order valence-electron chi connectivity index (χ2n) is 4.20. The molecule has 4 nitrogen and oxygen atoms in total. The Labute approximate surface area is 119 Å². The Morgan fingerprint density at radius 2 is 1.95 bits per heavy atom. The number of ether oxygens (including phenoxy) is 1. The molecule has 0 saturated carbocycles. The van der Waals surface area contributed by atoms with Crippen LogP contribution in [0.3, 0.4) is 0 Å². The predicted octanol–water partition coefficient (Wildman–Crippen LogP) is 1.93. The molecule has 0 unspecified atom stereocenters. The molecular weight excluding hydrogens is 286 g/mol. The number of nitrogens with one attached hydrogen (secondary N) is 2. The molecule has 1 aliphatic rings. The second-order valence-corrected chi connectivity index (χ2v) is 4.61. The summed E-state index contributed by atoms with van der Waals surface area (Å²) < 4.78 is 32.5. The van der Waals surface area contributed by atoms with E-state index in [1.807, 2.05) is 0 Å². The zero-order chi connectivity index (χ0) is 14.9. The quantitative estimate of drug-likeness (QED) is 0.645. The van der Waals surface area contributed by atoms with Crippen LogP contribution in [0, 0.1) is 11.6 Å². The summed E-state index contributed by atoms with van der Waals surface area (Å²) in [4.78, 5) is 11.8. The Kier molecular flexibility index (Phi) is 3.99. The summed E-state index contributed by atoms with van der Waals surface area (Å²) in [5.41, 5.74) is 0.217. The van der Waals surface area contributed by atoms with E-state index < -0.39 is 23.6 Å². The van der Waals surface area contributed by atoms with Gasteiger partial charge in [-0.15, -0.1) is 0 Å². The molecule has 1 aromatic rings. The SMILES string of the molecule is COC(=O)C1=C(C)NC(=S)N[C@@H]1c1c(F)cccc1F.